The van der Waals surface area contributed by atoms with Crippen LogP contribution in [0.1, 0.15) is 30.4 Å². The molecule has 31 heavy (non-hydrogen) atoms. The summed E-state index contributed by atoms with van der Waals surface area (Å²) in [5.74, 6) is 1.12. The van der Waals surface area contributed by atoms with Gasteiger partial charge in [0.2, 0.25) is 11.8 Å². The first kappa shape index (κ1) is 21.4. The zero-order chi connectivity index (χ0) is 21.6. The summed E-state index contributed by atoms with van der Waals surface area (Å²) in [6.07, 6.45) is 3.53. The van der Waals surface area contributed by atoms with Gasteiger partial charge in [-0.2, -0.15) is 0 Å². The summed E-state index contributed by atoms with van der Waals surface area (Å²) in [5, 5.41) is 3.05. The number of carbonyl (C=O) groups excluding carboxylic acids is 2. The standard InChI is InChI=1S/C25H31N3O3/c1-31-22-9-10-23-21(16-22)8-5-13-28(23)24(29)18-27-14-11-20(12-15-27)25(30)26-17-19-6-3-2-4-7-19/h2-4,6-7,9-10,16,20H,5,8,11-15,17-18H2,1H3,(H,26,30). The number of hydrogen-bond acceptors (Lipinski definition) is 4. The summed E-state index contributed by atoms with van der Waals surface area (Å²) in [5.41, 5.74) is 3.29. The number of piperidine rings is 1. The van der Waals surface area contributed by atoms with Gasteiger partial charge in [-0.25, -0.2) is 0 Å². The number of hydrogen-bond donors (Lipinski definition) is 1. The van der Waals surface area contributed by atoms with E-state index in [1.165, 1.54) is 5.56 Å². The van der Waals surface area contributed by atoms with Gasteiger partial charge in [0, 0.05) is 24.7 Å². The summed E-state index contributed by atoms with van der Waals surface area (Å²) in [4.78, 5) is 29.6. The lowest BCUT2D eigenvalue weighted by molar-refractivity contribution is -0.126. The maximum Gasteiger partial charge on any atom is 0.241 e. The molecule has 6 heteroatoms. The number of ether oxygens (including phenoxy) is 1. The number of nitrogens with zero attached hydrogens (tertiary/aromatic N) is 2. The number of fused-ring (bicyclic) bond motifs is 1. The van der Waals surface area contributed by atoms with Crippen LogP contribution >= 0.6 is 0 Å². The van der Waals surface area contributed by atoms with Crippen LogP contribution in [0.4, 0.5) is 5.69 Å². The molecule has 0 atom stereocenters. The summed E-state index contributed by atoms with van der Waals surface area (Å²) in [6.45, 7) is 3.29. The Morgan fingerprint density at radius 1 is 1.06 bits per heavy atom. The van der Waals surface area contributed by atoms with Crippen LogP contribution in [0.25, 0.3) is 0 Å². The molecule has 164 valence electrons. The predicted molar refractivity (Wildman–Crippen MR) is 121 cm³/mol. The molecule has 0 spiro atoms. The number of likely N-dealkylation sites (tertiary alicyclic amines) is 1. The van der Waals surface area contributed by atoms with E-state index >= 15 is 0 Å². The summed E-state index contributed by atoms with van der Waals surface area (Å²) < 4.78 is 5.32. The third kappa shape index (κ3) is 5.25. The van der Waals surface area contributed by atoms with Gasteiger partial charge < -0.3 is 15.0 Å². The molecule has 0 unspecified atom stereocenters. The van der Waals surface area contributed by atoms with Gasteiger partial charge >= 0.3 is 0 Å². The van der Waals surface area contributed by atoms with E-state index in [0.717, 1.165) is 62.3 Å². The molecular formula is C25H31N3O3. The highest BCUT2D eigenvalue weighted by Gasteiger charge is 2.28. The monoisotopic (exact) mass is 421 g/mol. The Balaban J connectivity index is 1.26. The lowest BCUT2D eigenvalue weighted by Crippen LogP contribution is -2.46. The number of amides is 2. The molecule has 6 nitrogen and oxygen atoms in total. The first-order valence-corrected chi connectivity index (χ1v) is 11.2. The lowest BCUT2D eigenvalue weighted by Gasteiger charge is -2.34. The fourth-order valence-electron chi connectivity index (χ4n) is 4.52. The van der Waals surface area contributed by atoms with Gasteiger partial charge in [0.15, 0.2) is 0 Å². The van der Waals surface area contributed by atoms with E-state index in [4.69, 9.17) is 4.74 Å². The number of benzene rings is 2. The average Bonchev–Trinajstić information content (AvgIpc) is 2.82. The second-order valence-corrected chi connectivity index (χ2v) is 8.40. The third-order valence-corrected chi connectivity index (χ3v) is 6.33. The number of anilines is 1. The topological polar surface area (TPSA) is 61.9 Å². The second-order valence-electron chi connectivity index (χ2n) is 8.40. The molecule has 0 aromatic heterocycles. The van der Waals surface area contributed by atoms with Crippen molar-refractivity contribution in [2.75, 3.05) is 38.2 Å². The van der Waals surface area contributed by atoms with Gasteiger partial charge in [0.25, 0.3) is 0 Å². The zero-order valence-electron chi connectivity index (χ0n) is 18.2. The molecular weight excluding hydrogens is 390 g/mol. The lowest BCUT2D eigenvalue weighted by atomic mass is 9.95. The second kappa shape index (κ2) is 9.96. The van der Waals surface area contributed by atoms with E-state index in [1.807, 2.05) is 53.4 Å². The molecule has 2 amide bonds. The van der Waals surface area contributed by atoms with Crippen molar-refractivity contribution in [2.24, 2.45) is 5.92 Å². The van der Waals surface area contributed by atoms with Crippen LogP contribution in [0.3, 0.4) is 0 Å². The van der Waals surface area contributed by atoms with Crippen LogP contribution in [0, 0.1) is 5.92 Å². The van der Waals surface area contributed by atoms with Crippen molar-refractivity contribution < 1.29 is 14.3 Å². The maximum absolute atomic E-state index is 13.0. The Kier molecular flexibility index (Phi) is 6.87. The van der Waals surface area contributed by atoms with Crippen LogP contribution in [-0.2, 0) is 22.6 Å². The van der Waals surface area contributed by atoms with E-state index in [2.05, 4.69) is 10.2 Å². The Morgan fingerprint density at radius 2 is 1.84 bits per heavy atom. The van der Waals surface area contributed by atoms with Gasteiger partial charge in [-0.1, -0.05) is 30.3 Å². The Labute approximate surface area is 184 Å². The van der Waals surface area contributed by atoms with E-state index in [9.17, 15) is 9.59 Å². The van der Waals surface area contributed by atoms with E-state index in [1.54, 1.807) is 7.11 Å². The molecule has 2 aromatic carbocycles. The number of nitrogens with one attached hydrogen (secondary N) is 1. The van der Waals surface area contributed by atoms with Crippen LogP contribution in [0.5, 0.6) is 5.75 Å². The fraction of sp³-hybridized carbons (Fsp3) is 0.440. The molecule has 0 bridgehead atoms. The van der Waals surface area contributed by atoms with Gasteiger partial charge in [-0.15, -0.1) is 0 Å². The predicted octanol–water partition coefficient (Wildman–Crippen LogP) is 3.00. The van der Waals surface area contributed by atoms with Crippen molar-refractivity contribution in [3.8, 4) is 5.75 Å². The zero-order valence-corrected chi connectivity index (χ0v) is 18.2. The number of rotatable bonds is 6. The van der Waals surface area contributed by atoms with Crippen LogP contribution in [0.2, 0.25) is 0 Å². The Bertz CT molecular complexity index is 907. The van der Waals surface area contributed by atoms with Crippen LogP contribution in [0.15, 0.2) is 48.5 Å². The SMILES string of the molecule is COc1ccc2c(c1)CCCN2C(=O)CN1CCC(C(=O)NCc2ccccc2)CC1. The van der Waals surface area contributed by atoms with Gasteiger partial charge in [-0.05, 0) is 68.1 Å². The van der Waals surface area contributed by atoms with E-state index in [-0.39, 0.29) is 17.7 Å². The molecule has 1 N–H and O–H groups in total. The minimum absolute atomic E-state index is 0.0261. The number of methoxy groups -OCH3 is 1. The molecule has 2 aromatic rings. The number of aryl methyl sites for hydroxylation is 1. The van der Waals surface area contributed by atoms with Crippen molar-refractivity contribution in [3.05, 3.63) is 59.7 Å². The molecule has 0 saturated carbocycles. The molecule has 0 aliphatic carbocycles. The number of carbonyl (C=O) groups is 2. The minimum Gasteiger partial charge on any atom is -0.497 e. The minimum atomic E-state index is 0.0261. The normalized spacial score (nSPS) is 17.1. The molecule has 2 aliphatic heterocycles. The first-order chi connectivity index (χ1) is 15.1. The summed E-state index contributed by atoms with van der Waals surface area (Å²) >= 11 is 0. The fourth-order valence-corrected chi connectivity index (χ4v) is 4.52. The van der Waals surface area contributed by atoms with Gasteiger partial charge in [0.05, 0.1) is 13.7 Å². The summed E-state index contributed by atoms with van der Waals surface area (Å²) in [7, 11) is 1.67. The van der Waals surface area contributed by atoms with E-state index in [0.29, 0.717) is 13.1 Å². The quantitative estimate of drug-likeness (QED) is 0.779. The largest absolute Gasteiger partial charge is 0.497 e. The van der Waals surface area contributed by atoms with Crippen LogP contribution < -0.4 is 15.0 Å². The molecule has 1 saturated heterocycles. The van der Waals surface area contributed by atoms with E-state index < -0.39 is 0 Å². The van der Waals surface area contributed by atoms with Crippen molar-refractivity contribution >= 4 is 17.5 Å². The van der Waals surface area contributed by atoms with Gasteiger partial charge in [0.1, 0.15) is 5.75 Å². The van der Waals surface area contributed by atoms with Crippen molar-refractivity contribution in [2.45, 2.75) is 32.2 Å². The third-order valence-electron chi connectivity index (χ3n) is 6.33. The smallest absolute Gasteiger partial charge is 0.241 e. The molecule has 4 rings (SSSR count). The Hall–Kier alpha value is -2.86. The Morgan fingerprint density at radius 3 is 2.58 bits per heavy atom. The molecule has 2 heterocycles. The summed E-state index contributed by atoms with van der Waals surface area (Å²) in [6, 6.07) is 15.9. The van der Waals surface area contributed by atoms with Gasteiger partial charge in [-0.3, -0.25) is 14.5 Å². The molecule has 2 aliphatic rings. The highest BCUT2D eigenvalue weighted by molar-refractivity contribution is 5.96. The highest BCUT2D eigenvalue weighted by Crippen LogP contribution is 2.30. The molecule has 1 fully saturated rings. The van der Waals surface area contributed by atoms with Crippen molar-refractivity contribution in [3.63, 3.8) is 0 Å². The van der Waals surface area contributed by atoms with Crippen molar-refractivity contribution in [1.29, 1.82) is 0 Å². The van der Waals surface area contributed by atoms with Crippen molar-refractivity contribution in [1.82, 2.24) is 10.2 Å². The first-order valence-electron chi connectivity index (χ1n) is 11.2. The molecule has 0 radical (unpaired) electrons. The van der Waals surface area contributed by atoms with Crippen LogP contribution in [-0.4, -0.2) is 50.0 Å². The highest BCUT2D eigenvalue weighted by atomic mass is 16.5. The maximum atomic E-state index is 13.0. The average molecular weight is 422 g/mol.